The lowest BCUT2D eigenvalue weighted by Crippen LogP contribution is -2.47. The van der Waals surface area contributed by atoms with Crippen molar-refractivity contribution in [1.29, 1.82) is 0 Å². The van der Waals surface area contributed by atoms with E-state index in [4.69, 9.17) is 9.47 Å². The van der Waals surface area contributed by atoms with Crippen LogP contribution in [-0.2, 0) is 27.8 Å². The zero-order valence-electron chi connectivity index (χ0n) is 17.9. The normalized spacial score (nSPS) is 12.1. The van der Waals surface area contributed by atoms with Crippen molar-refractivity contribution in [3.63, 3.8) is 0 Å². The van der Waals surface area contributed by atoms with Crippen LogP contribution >= 0.6 is 0 Å². The SMILES string of the molecule is COc1ccc(CNC(=O)[C@H](Cc2ccccc2)NS(=O)(=O)c2ccccc2)cc1OC. The van der Waals surface area contributed by atoms with Gasteiger partial charge >= 0.3 is 0 Å². The summed E-state index contributed by atoms with van der Waals surface area (Å²) in [7, 11) is -0.790. The monoisotopic (exact) mass is 454 g/mol. The minimum Gasteiger partial charge on any atom is -0.493 e. The topological polar surface area (TPSA) is 93.7 Å². The number of carbonyl (C=O) groups excluding carboxylic acids is 1. The average Bonchev–Trinajstić information content (AvgIpc) is 2.83. The van der Waals surface area contributed by atoms with Gasteiger partial charge in [0.2, 0.25) is 15.9 Å². The summed E-state index contributed by atoms with van der Waals surface area (Å²) >= 11 is 0. The van der Waals surface area contributed by atoms with Crippen molar-refractivity contribution in [2.45, 2.75) is 23.9 Å². The summed E-state index contributed by atoms with van der Waals surface area (Å²) in [4.78, 5) is 13.1. The molecule has 0 radical (unpaired) electrons. The molecule has 7 nitrogen and oxygen atoms in total. The van der Waals surface area contributed by atoms with E-state index in [0.29, 0.717) is 11.5 Å². The van der Waals surface area contributed by atoms with Crippen molar-refractivity contribution in [2.24, 2.45) is 0 Å². The molecule has 0 aliphatic rings. The van der Waals surface area contributed by atoms with Crippen LogP contribution in [0.2, 0.25) is 0 Å². The first-order valence-electron chi connectivity index (χ1n) is 10.0. The molecule has 3 rings (SSSR count). The predicted octanol–water partition coefficient (Wildman–Crippen LogP) is 2.91. The summed E-state index contributed by atoms with van der Waals surface area (Å²) in [6.45, 7) is 0.206. The second-order valence-corrected chi connectivity index (χ2v) is 8.80. The lowest BCUT2D eigenvalue weighted by molar-refractivity contribution is -0.122. The molecule has 3 aromatic carbocycles. The molecule has 3 aromatic rings. The van der Waals surface area contributed by atoms with Gasteiger partial charge in [-0.3, -0.25) is 4.79 Å². The number of amides is 1. The van der Waals surface area contributed by atoms with Crippen molar-refractivity contribution >= 4 is 15.9 Å². The molecule has 0 aliphatic heterocycles. The molecule has 0 aromatic heterocycles. The smallest absolute Gasteiger partial charge is 0.241 e. The number of rotatable bonds is 10. The van der Waals surface area contributed by atoms with Crippen LogP contribution in [0.5, 0.6) is 11.5 Å². The minimum atomic E-state index is -3.87. The van der Waals surface area contributed by atoms with E-state index in [9.17, 15) is 13.2 Å². The van der Waals surface area contributed by atoms with Gasteiger partial charge in [-0.25, -0.2) is 8.42 Å². The van der Waals surface area contributed by atoms with Gasteiger partial charge in [0.1, 0.15) is 6.04 Å². The van der Waals surface area contributed by atoms with Gasteiger partial charge in [0.25, 0.3) is 0 Å². The Morgan fingerprint density at radius 1 is 0.844 bits per heavy atom. The first-order valence-corrected chi connectivity index (χ1v) is 11.5. The summed E-state index contributed by atoms with van der Waals surface area (Å²) < 4.78 is 38.8. The molecule has 32 heavy (non-hydrogen) atoms. The number of benzene rings is 3. The van der Waals surface area contributed by atoms with Crippen LogP contribution in [0.4, 0.5) is 0 Å². The summed E-state index contributed by atoms with van der Waals surface area (Å²) in [5.74, 6) is 0.702. The summed E-state index contributed by atoms with van der Waals surface area (Å²) in [5, 5.41) is 2.82. The van der Waals surface area contributed by atoms with Gasteiger partial charge < -0.3 is 14.8 Å². The lowest BCUT2D eigenvalue weighted by atomic mass is 10.1. The van der Waals surface area contributed by atoms with Crippen LogP contribution in [0.1, 0.15) is 11.1 Å². The Morgan fingerprint density at radius 2 is 1.47 bits per heavy atom. The van der Waals surface area contributed by atoms with Crippen LogP contribution in [0.3, 0.4) is 0 Å². The van der Waals surface area contributed by atoms with Gasteiger partial charge in [0.15, 0.2) is 11.5 Å². The van der Waals surface area contributed by atoms with Gasteiger partial charge in [-0.15, -0.1) is 0 Å². The number of carbonyl (C=O) groups is 1. The zero-order chi connectivity index (χ0) is 23.0. The van der Waals surface area contributed by atoms with Crippen LogP contribution in [0, 0.1) is 0 Å². The number of sulfonamides is 1. The highest BCUT2D eigenvalue weighted by Gasteiger charge is 2.26. The van der Waals surface area contributed by atoms with E-state index >= 15 is 0 Å². The molecule has 168 valence electrons. The molecule has 0 aliphatic carbocycles. The number of methoxy groups -OCH3 is 2. The van der Waals surface area contributed by atoms with E-state index in [1.807, 2.05) is 36.4 Å². The molecule has 0 saturated heterocycles. The zero-order valence-corrected chi connectivity index (χ0v) is 18.8. The Labute approximate surface area is 188 Å². The van der Waals surface area contributed by atoms with E-state index in [1.165, 1.54) is 19.2 Å². The standard InChI is InChI=1S/C24H26N2O5S/c1-30-22-14-13-19(16-23(22)31-2)17-25-24(27)21(15-18-9-5-3-6-10-18)26-32(28,29)20-11-7-4-8-12-20/h3-14,16,21,26H,15,17H2,1-2H3,(H,25,27)/t21-/m0/s1. The fraction of sp³-hybridized carbons (Fsp3) is 0.208. The second-order valence-electron chi connectivity index (χ2n) is 7.08. The Kier molecular flexibility index (Phi) is 7.86. The molecule has 0 fully saturated rings. The van der Waals surface area contributed by atoms with Crippen LogP contribution in [0.15, 0.2) is 83.8 Å². The van der Waals surface area contributed by atoms with Gasteiger partial charge in [0, 0.05) is 6.54 Å². The fourth-order valence-corrected chi connectivity index (χ4v) is 4.41. The maximum atomic E-state index is 13.0. The largest absolute Gasteiger partial charge is 0.493 e. The molecular weight excluding hydrogens is 428 g/mol. The highest BCUT2D eigenvalue weighted by molar-refractivity contribution is 7.89. The lowest BCUT2D eigenvalue weighted by Gasteiger charge is -2.19. The van der Waals surface area contributed by atoms with Gasteiger partial charge in [-0.05, 0) is 41.8 Å². The van der Waals surface area contributed by atoms with E-state index in [-0.39, 0.29) is 17.9 Å². The molecule has 1 amide bonds. The average molecular weight is 455 g/mol. The first kappa shape index (κ1) is 23.3. The van der Waals surface area contributed by atoms with Crippen molar-refractivity contribution in [2.75, 3.05) is 14.2 Å². The van der Waals surface area contributed by atoms with E-state index in [0.717, 1.165) is 11.1 Å². The molecule has 0 heterocycles. The van der Waals surface area contributed by atoms with Crippen LogP contribution in [-0.4, -0.2) is 34.6 Å². The first-order chi connectivity index (χ1) is 15.4. The van der Waals surface area contributed by atoms with Crippen LogP contribution < -0.4 is 19.5 Å². The molecule has 0 spiro atoms. The number of ether oxygens (including phenoxy) is 2. The molecule has 0 saturated carbocycles. The third-order valence-electron chi connectivity index (χ3n) is 4.86. The number of nitrogens with one attached hydrogen (secondary N) is 2. The highest BCUT2D eigenvalue weighted by atomic mass is 32.2. The Hall–Kier alpha value is -3.36. The van der Waals surface area contributed by atoms with Gasteiger partial charge in [-0.1, -0.05) is 54.6 Å². The maximum Gasteiger partial charge on any atom is 0.241 e. The van der Waals surface area contributed by atoms with Gasteiger partial charge in [0.05, 0.1) is 19.1 Å². The van der Waals surface area contributed by atoms with E-state index in [1.54, 1.807) is 37.4 Å². The predicted molar refractivity (Wildman–Crippen MR) is 122 cm³/mol. The molecule has 0 bridgehead atoms. The quantitative estimate of drug-likeness (QED) is 0.491. The van der Waals surface area contributed by atoms with Crippen molar-refractivity contribution in [3.05, 3.63) is 90.0 Å². The third kappa shape index (κ3) is 6.09. The van der Waals surface area contributed by atoms with Crippen molar-refractivity contribution < 1.29 is 22.7 Å². The molecule has 2 N–H and O–H groups in total. The maximum absolute atomic E-state index is 13.0. The summed E-state index contributed by atoms with van der Waals surface area (Å²) in [6, 6.07) is 21.6. The summed E-state index contributed by atoms with van der Waals surface area (Å²) in [6.07, 6.45) is 0.213. The fourth-order valence-electron chi connectivity index (χ4n) is 3.20. The number of hydrogen-bond acceptors (Lipinski definition) is 5. The molecule has 1 atom stereocenters. The third-order valence-corrected chi connectivity index (χ3v) is 6.35. The summed E-state index contributed by atoms with van der Waals surface area (Å²) in [5.41, 5.74) is 1.63. The highest BCUT2D eigenvalue weighted by Crippen LogP contribution is 2.27. The Morgan fingerprint density at radius 3 is 2.09 bits per heavy atom. The number of hydrogen-bond donors (Lipinski definition) is 2. The van der Waals surface area contributed by atoms with Crippen molar-refractivity contribution in [3.8, 4) is 11.5 Å². The van der Waals surface area contributed by atoms with Crippen LogP contribution in [0.25, 0.3) is 0 Å². The van der Waals surface area contributed by atoms with E-state index < -0.39 is 22.0 Å². The molecule has 8 heteroatoms. The Balaban J connectivity index is 1.77. The van der Waals surface area contributed by atoms with Crippen molar-refractivity contribution in [1.82, 2.24) is 10.0 Å². The van der Waals surface area contributed by atoms with E-state index in [2.05, 4.69) is 10.0 Å². The molecular formula is C24H26N2O5S. The minimum absolute atomic E-state index is 0.103. The Bertz CT molecular complexity index is 1140. The van der Waals surface area contributed by atoms with Gasteiger partial charge in [-0.2, -0.15) is 4.72 Å². The second kappa shape index (κ2) is 10.8. The molecule has 0 unspecified atom stereocenters.